The molecule has 0 radical (unpaired) electrons. The van der Waals surface area contributed by atoms with Crippen LogP contribution in [0.3, 0.4) is 0 Å². The summed E-state index contributed by atoms with van der Waals surface area (Å²) in [5, 5.41) is 7.97. The molecule has 2 unspecified atom stereocenters. The van der Waals surface area contributed by atoms with Crippen LogP contribution in [0.2, 0.25) is 0 Å². The summed E-state index contributed by atoms with van der Waals surface area (Å²) >= 11 is 0. The molecule has 0 heterocycles. The van der Waals surface area contributed by atoms with Crippen LogP contribution in [0.25, 0.3) is 0 Å². The van der Waals surface area contributed by atoms with Gasteiger partial charge < -0.3 is 20.7 Å². The zero-order valence-electron chi connectivity index (χ0n) is 15.0. The summed E-state index contributed by atoms with van der Waals surface area (Å²) in [6.07, 6.45) is 5.13. The van der Waals surface area contributed by atoms with Crippen LogP contribution in [0.15, 0.2) is 12.2 Å². The fourth-order valence-electron chi connectivity index (χ4n) is 2.27. The van der Waals surface area contributed by atoms with Gasteiger partial charge >= 0.3 is 0 Å². The first kappa shape index (κ1) is 22.0. The smallest absolute Gasteiger partial charge is 0.223 e. The molecule has 0 aromatic carbocycles. The highest BCUT2D eigenvalue weighted by atomic mass is 16.2. The predicted molar refractivity (Wildman–Crippen MR) is 92.4 cm³/mol. The highest BCUT2D eigenvalue weighted by molar-refractivity contribution is 5.88. The standard InChI is InChI=1S/C17H29N3O4/c1-12(21)11-13(17(24)20-4)7-5-6-8-14(18-2)15(22)9-10-16(23)19-3/h5-6,13-14,18H,7-11H2,1-4H3,(H,19,23)(H,20,24). The minimum Gasteiger partial charge on any atom is -0.359 e. The summed E-state index contributed by atoms with van der Waals surface area (Å²) in [7, 11) is 4.77. The van der Waals surface area contributed by atoms with Crippen molar-refractivity contribution >= 4 is 23.4 Å². The third kappa shape index (κ3) is 9.19. The number of rotatable bonds is 12. The number of Topliss-reactive ketones (excluding diaryl/α,β-unsaturated/α-hetero) is 2. The number of nitrogens with one attached hydrogen (secondary N) is 3. The van der Waals surface area contributed by atoms with E-state index in [1.165, 1.54) is 14.0 Å². The fourth-order valence-corrected chi connectivity index (χ4v) is 2.27. The molecule has 0 aliphatic heterocycles. The molecule has 7 heteroatoms. The quantitative estimate of drug-likeness (QED) is 0.445. The molecule has 0 fully saturated rings. The number of allylic oxidation sites excluding steroid dienone is 1. The molecule has 0 spiro atoms. The van der Waals surface area contributed by atoms with E-state index in [1.54, 1.807) is 14.1 Å². The number of hydrogen-bond acceptors (Lipinski definition) is 5. The molecule has 3 N–H and O–H groups in total. The maximum absolute atomic E-state index is 12.0. The average molecular weight is 339 g/mol. The Morgan fingerprint density at radius 1 is 0.917 bits per heavy atom. The molecule has 2 amide bonds. The Kier molecular flexibility index (Phi) is 11.4. The Morgan fingerprint density at radius 2 is 1.54 bits per heavy atom. The van der Waals surface area contributed by atoms with Gasteiger partial charge in [-0.05, 0) is 26.8 Å². The lowest BCUT2D eigenvalue weighted by Crippen LogP contribution is -2.34. The van der Waals surface area contributed by atoms with E-state index in [1.807, 2.05) is 12.2 Å². The van der Waals surface area contributed by atoms with Crippen molar-refractivity contribution in [3.8, 4) is 0 Å². The summed E-state index contributed by atoms with van der Waals surface area (Å²) < 4.78 is 0. The molecule has 0 aromatic heterocycles. The van der Waals surface area contributed by atoms with Gasteiger partial charge in [-0.15, -0.1) is 0 Å². The highest BCUT2D eigenvalue weighted by Gasteiger charge is 2.18. The Labute approximate surface area is 143 Å². The molecule has 24 heavy (non-hydrogen) atoms. The van der Waals surface area contributed by atoms with Crippen molar-refractivity contribution in [2.75, 3.05) is 21.1 Å². The van der Waals surface area contributed by atoms with Crippen LogP contribution in [0.5, 0.6) is 0 Å². The number of carbonyl (C=O) groups excluding carboxylic acids is 4. The van der Waals surface area contributed by atoms with Crippen molar-refractivity contribution in [3.05, 3.63) is 12.2 Å². The lowest BCUT2D eigenvalue weighted by molar-refractivity contribution is -0.128. The summed E-state index contributed by atoms with van der Waals surface area (Å²) in [6, 6.07) is -0.364. The van der Waals surface area contributed by atoms with Crippen LogP contribution in [0, 0.1) is 5.92 Å². The summed E-state index contributed by atoms with van der Waals surface area (Å²) in [5.74, 6) is -0.777. The Balaban J connectivity index is 4.45. The van der Waals surface area contributed by atoms with E-state index in [0.717, 1.165) is 0 Å². The second kappa shape index (κ2) is 12.4. The fraction of sp³-hybridized carbons (Fsp3) is 0.647. The third-order valence-electron chi connectivity index (χ3n) is 3.72. The van der Waals surface area contributed by atoms with Gasteiger partial charge in [0.2, 0.25) is 11.8 Å². The van der Waals surface area contributed by atoms with E-state index in [2.05, 4.69) is 16.0 Å². The van der Waals surface area contributed by atoms with Crippen LogP contribution in [-0.4, -0.2) is 50.6 Å². The van der Waals surface area contributed by atoms with E-state index in [0.29, 0.717) is 12.8 Å². The number of carbonyl (C=O) groups is 4. The van der Waals surface area contributed by atoms with Gasteiger partial charge in [-0.3, -0.25) is 14.4 Å². The molecule has 0 aromatic rings. The molecule has 136 valence electrons. The van der Waals surface area contributed by atoms with Crippen molar-refractivity contribution in [3.63, 3.8) is 0 Å². The van der Waals surface area contributed by atoms with Crippen LogP contribution in [0.1, 0.15) is 39.0 Å². The number of likely N-dealkylation sites (N-methyl/N-ethyl adjacent to an activating group) is 1. The molecular formula is C17H29N3O4. The SMILES string of the molecule is CNC(=O)CCC(=O)C(CC=CCC(CC(C)=O)C(=O)NC)NC. The lowest BCUT2D eigenvalue weighted by atomic mass is 9.97. The molecule has 0 aliphatic rings. The van der Waals surface area contributed by atoms with Crippen molar-refractivity contribution in [1.82, 2.24) is 16.0 Å². The van der Waals surface area contributed by atoms with Crippen LogP contribution < -0.4 is 16.0 Å². The molecule has 0 bridgehead atoms. The van der Waals surface area contributed by atoms with Gasteiger partial charge in [0.1, 0.15) is 5.78 Å². The van der Waals surface area contributed by atoms with Gasteiger partial charge in [-0.1, -0.05) is 12.2 Å². The highest BCUT2D eigenvalue weighted by Crippen LogP contribution is 2.11. The first-order chi connectivity index (χ1) is 11.3. The molecule has 2 atom stereocenters. The normalized spacial score (nSPS) is 13.3. The largest absolute Gasteiger partial charge is 0.359 e. The second-order valence-corrected chi connectivity index (χ2v) is 5.64. The topological polar surface area (TPSA) is 104 Å². The van der Waals surface area contributed by atoms with Gasteiger partial charge in [0.25, 0.3) is 0 Å². The molecular weight excluding hydrogens is 310 g/mol. The zero-order valence-corrected chi connectivity index (χ0v) is 15.0. The van der Waals surface area contributed by atoms with Gasteiger partial charge in [-0.2, -0.15) is 0 Å². The van der Waals surface area contributed by atoms with Gasteiger partial charge in [-0.25, -0.2) is 0 Å². The van der Waals surface area contributed by atoms with Crippen molar-refractivity contribution in [1.29, 1.82) is 0 Å². The molecule has 0 saturated heterocycles. The van der Waals surface area contributed by atoms with Gasteiger partial charge in [0, 0.05) is 39.3 Å². The Morgan fingerprint density at radius 3 is 2.04 bits per heavy atom. The summed E-state index contributed by atoms with van der Waals surface area (Å²) in [6.45, 7) is 1.46. The van der Waals surface area contributed by atoms with Gasteiger partial charge in [0.15, 0.2) is 5.78 Å². The average Bonchev–Trinajstić information content (AvgIpc) is 2.57. The monoisotopic (exact) mass is 339 g/mol. The lowest BCUT2D eigenvalue weighted by Gasteiger charge is -2.13. The minimum absolute atomic E-state index is 0.0302. The Bertz CT molecular complexity index is 474. The predicted octanol–water partition coefficient (Wildman–Crippen LogP) is 0.347. The maximum Gasteiger partial charge on any atom is 0.223 e. The molecule has 0 rings (SSSR count). The van der Waals surface area contributed by atoms with E-state index >= 15 is 0 Å². The van der Waals surface area contributed by atoms with E-state index in [4.69, 9.17) is 0 Å². The summed E-state index contributed by atoms with van der Waals surface area (Å²) in [4.78, 5) is 46.1. The molecule has 7 nitrogen and oxygen atoms in total. The zero-order chi connectivity index (χ0) is 18.5. The summed E-state index contributed by atoms with van der Waals surface area (Å²) in [5.41, 5.74) is 0. The van der Waals surface area contributed by atoms with E-state index in [9.17, 15) is 19.2 Å². The number of amides is 2. The van der Waals surface area contributed by atoms with Gasteiger partial charge in [0.05, 0.1) is 6.04 Å². The first-order valence-electron chi connectivity index (χ1n) is 8.12. The molecule has 0 saturated carbocycles. The first-order valence-corrected chi connectivity index (χ1v) is 8.12. The van der Waals surface area contributed by atoms with E-state index in [-0.39, 0.29) is 54.6 Å². The van der Waals surface area contributed by atoms with Crippen LogP contribution >= 0.6 is 0 Å². The number of ketones is 2. The maximum atomic E-state index is 12.0. The number of hydrogen-bond donors (Lipinski definition) is 3. The Hall–Kier alpha value is -2.02. The second-order valence-electron chi connectivity index (χ2n) is 5.64. The van der Waals surface area contributed by atoms with Crippen molar-refractivity contribution in [2.24, 2.45) is 5.92 Å². The van der Waals surface area contributed by atoms with Crippen molar-refractivity contribution < 1.29 is 19.2 Å². The van der Waals surface area contributed by atoms with Crippen LogP contribution in [-0.2, 0) is 19.2 Å². The van der Waals surface area contributed by atoms with Crippen LogP contribution in [0.4, 0.5) is 0 Å². The molecule has 0 aliphatic carbocycles. The van der Waals surface area contributed by atoms with E-state index < -0.39 is 0 Å². The minimum atomic E-state index is -0.388. The third-order valence-corrected chi connectivity index (χ3v) is 3.72. The van der Waals surface area contributed by atoms with Crippen molar-refractivity contribution in [2.45, 2.75) is 45.1 Å².